The second-order valence-corrected chi connectivity index (χ2v) is 4.77. The first-order valence-corrected chi connectivity index (χ1v) is 6.68. The van der Waals surface area contributed by atoms with Gasteiger partial charge in [-0.15, -0.1) is 11.6 Å². The molecule has 0 saturated carbocycles. The average molecular weight is 318 g/mol. The lowest BCUT2D eigenvalue weighted by atomic mass is 10.1. The lowest BCUT2D eigenvalue weighted by Crippen LogP contribution is -2.07. The van der Waals surface area contributed by atoms with E-state index < -0.39 is 17.6 Å². The van der Waals surface area contributed by atoms with Crippen molar-refractivity contribution in [3.63, 3.8) is 0 Å². The van der Waals surface area contributed by atoms with E-state index in [1.54, 1.807) is 0 Å². The van der Waals surface area contributed by atoms with Gasteiger partial charge in [0.15, 0.2) is 0 Å². The highest BCUT2D eigenvalue weighted by molar-refractivity contribution is 6.17. The van der Waals surface area contributed by atoms with Crippen molar-refractivity contribution in [2.45, 2.75) is 18.6 Å². The fourth-order valence-electron chi connectivity index (χ4n) is 1.85. The highest BCUT2D eigenvalue weighted by Crippen LogP contribution is 2.31. The van der Waals surface area contributed by atoms with E-state index in [9.17, 15) is 17.6 Å². The molecule has 1 nitrogen and oxygen atoms in total. The molecule has 0 amide bonds. The predicted octanol–water partition coefficient (Wildman–Crippen LogP) is 5.20. The van der Waals surface area contributed by atoms with Crippen molar-refractivity contribution >= 4 is 17.3 Å². The Morgan fingerprint density at radius 2 is 1.71 bits per heavy atom. The van der Waals surface area contributed by atoms with Gasteiger partial charge in [0.1, 0.15) is 5.82 Å². The number of rotatable bonds is 4. The number of hydrogen-bond donors (Lipinski definition) is 1. The van der Waals surface area contributed by atoms with Gasteiger partial charge in [-0.3, -0.25) is 0 Å². The van der Waals surface area contributed by atoms with E-state index in [2.05, 4.69) is 5.32 Å². The van der Waals surface area contributed by atoms with Gasteiger partial charge in [-0.1, -0.05) is 24.3 Å². The first kappa shape index (κ1) is 15.6. The number of anilines is 1. The Morgan fingerprint density at radius 1 is 1.00 bits per heavy atom. The summed E-state index contributed by atoms with van der Waals surface area (Å²) < 4.78 is 50.9. The summed E-state index contributed by atoms with van der Waals surface area (Å²) in [6, 6.07) is 9.77. The molecule has 1 N–H and O–H groups in total. The van der Waals surface area contributed by atoms with Gasteiger partial charge in [0.25, 0.3) is 0 Å². The molecule has 6 heteroatoms. The molecule has 0 heterocycles. The standard InChI is InChI=1S/C15H12ClF4N/c16-8-10-2-1-3-11(6-10)9-21-14-5-4-12(7-13(14)17)15(18,19)20/h1-7,21H,8-9H2. The third-order valence-electron chi connectivity index (χ3n) is 2.93. The summed E-state index contributed by atoms with van der Waals surface area (Å²) in [6.07, 6.45) is -4.55. The van der Waals surface area contributed by atoms with Gasteiger partial charge in [-0.2, -0.15) is 13.2 Å². The van der Waals surface area contributed by atoms with Crippen LogP contribution < -0.4 is 5.32 Å². The van der Waals surface area contributed by atoms with Gasteiger partial charge in [0.2, 0.25) is 0 Å². The lowest BCUT2D eigenvalue weighted by molar-refractivity contribution is -0.137. The van der Waals surface area contributed by atoms with E-state index in [0.717, 1.165) is 23.3 Å². The van der Waals surface area contributed by atoms with Gasteiger partial charge in [-0.05, 0) is 29.3 Å². The quantitative estimate of drug-likeness (QED) is 0.604. The number of benzene rings is 2. The second kappa shape index (κ2) is 6.35. The maximum absolute atomic E-state index is 13.6. The zero-order valence-corrected chi connectivity index (χ0v) is 11.6. The summed E-state index contributed by atoms with van der Waals surface area (Å²) in [5.74, 6) is -0.569. The van der Waals surface area contributed by atoms with Crippen molar-refractivity contribution in [3.8, 4) is 0 Å². The maximum Gasteiger partial charge on any atom is 0.416 e. The molecule has 0 saturated heterocycles. The zero-order chi connectivity index (χ0) is 15.5. The minimum absolute atomic E-state index is 0.0271. The molecule has 0 aromatic heterocycles. The summed E-state index contributed by atoms with van der Waals surface area (Å²) in [6.45, 7) is 0.299. The fraction of sp³-hybridized carbons (Fsp3) is 0.200. The summed E-state index contributed by atoms with van der Waals surface area (Å²) in [5.41, 5.74) is 0.810. The summed E-state index contributed by atoms with van der Waals surface area (Å²) in [5, 5.41) is 2.77. The Morgan fingerprint density at radius 3 is 2.33 bits per heavy atom. The molecular formula is C15H12ClF4N. The number of nitrogens with one attached hydrogen (secondary N) is 1. The molecule has 0 aliphatic heterocycles. The molecule has 0 aliphatic carbocycles. The SMILES string of the molecule is Fc1cc(C(F)(F)F)ccc1NCc1cccc(CCl)c1. The van der Waals surface area contributed by atoms with E-state index in [-0.39, 0.29) is 5.69 Å². The highest BCUT2D eigenvalue weighted by atomic mass is 35.5. The van der Waals surface area contributed by atoms with Crippen molar-refractivity contribution in [2.75, 3.05) is 5.32 Å². The third-order valence-corrected chi connectivity index (χ3v) is 3.23. The maximum atomic E-state index is 13.6. The van der Waals surface area contributed by atoms with Gasteiger partial charge >= 0.3 is 6.18 Å². The number of alkyl halides is 4. The Balaban J connectivity index is 2.10. The van der Waals surface area contributed by atoms with E-state index in [4.69, 9.17) is 11.6 Å². The first-order valence-electron chi connectivity index (χ1n) is 6.14. The Labute approximate surface area is 124 Å². The van der Waals surface area contributed by atoms with Crippen molar-refractivity contribution in [2.24, 2.45) is 0 Å². The number of halogens is 5. The molecule has 0 bridgehead atoms. The second-order valence-electron chi connectivity index (χ2n) is 4.50. The van der Waals surface area contributed by atoms with E-state index in [1.165, 1.54) is 0 Å². The molecule has 112 valence electrons. The molecule has 2 aromatic carbocycles. The molecule has 0 unspecified atom stereocenters. The monoisotopic (exact) mass is 317 g/mol. The molecule has 0 atom stereocenters. The predicted molar refractivity (Wildman–Crippen MR) is 74.7 cm³/mol. The van der Waals surface area contributed by atoms with Crippen molar-refractivity contribution < 1.29 is 17.6 Å². The van der Waals surface area contributed by atoms with Crippen molar-refractivity contribution in [1.29, 1.82) is 0 Å². The Bertz CT molecular complexity index is 625. The molecular weight excluding hydrogens is 306 g/mol. The fourth-order valence-corrected chi connectivity index (χ4v) is 2.02. The van der Waals surface area contributed by atoms with Crippen LogP contribution in [0.3, 0.4) is 0 Å². The molecule has 21 heavy (non-hydrogen) atoms. The smallest absolute Gasteiger partial charge is 0.379 e. The minimum atomic E-state index is -4.55. The first-order chi connectivity index (χ1) is 9.90. The van der Waals surface area contributed by atoms with Crippen LogP contribution in [0.5, 0.6) is 0 Å². The van der Waals surface area contributed by atoms with Crippen LogP contribution in [0.25, 0.3) is 0 Å². The van der Waals surface area contributed by atoms with Crippen molar-refractivity contribution in [3.05, 3.63) is 65.0 Å². The van der Waals surface area contributed by atoms with Crippen LogP contribution in [0.2, 0.25) is 0 Å². The molecule has 2 aromatic rings. The van der Waals surface area contributed by atoms with E-state index >= 15 is 0 Å². The Kier molecular flexibility index (Phi) is 4.73. The lowest BCUT2D eigenvalue weighted by Gasteiger charge is -2.11. The van der Waals surface area contributed by atoms with Crippen LogP contribution in [0.4, 0.5) is 23.2 Å². The minimum Gasteiger partial charge on any atom is -0.379 e. The van der Waals surface area contributed by atoms with E-state index in [0.29, 0.717) is 18.5 Å². The van der Waals surface area contributed by atoms with Crippen molar-refractivity contribution in [1.82, 2.24) is 0 Å². The average Bonchev–Trinajstić information content (AvgIpc) is 2.45. The van der Waals surface area contributed by atoms with Crippen LogP contribution in [0.1, 0.15) is 16.7 Å². The summed E-state index contributed by atoms with van der Waals surface area (Å²) >= 11 is 5.71. The van der Waals surface area contributed by atoms with Crippen LogP contribution in [0.15, 0.2) is 42.5 Å². The van der Waals surface area contributed by atoms with Gasteiger partial charge < -0.3 is 5.32 Å². The van der Waals surface area contributed by atoms with Crippen LogP contribution in [0, 0.1) is 5.82 Å². The zero-order valence-electron chi connectivity index (χ0n) is 10.8. The third kappa shape index (κ3) is 4.11. The van der Waals surface area contributed by atoms with Gasteiger partial charge in [0.05, 0.1) is 11.3 Å². The topological polar surface area (TPSA) is 12.0 Å². The summed E-state index contributed by atoms with van der Waals surface area (Å²) in [7, 11) is 0. The van der Waals surface area contributed by atoms with Gasteiger partial charge in [0, 0.05) is 12.4 Å². The molecule has 0 aliphatic rings. The van der Waals surface area contributed by atoms with Crippen LogP contribution in [-0.2, 0) is 18.6 Å². The normalized spacial score (nSPS) is 11.5. The molecule has 0 spiro atoms. The van der Waals surface area contributed by atoms with E-state index in [1.807, 2.05) is 24.3 Å². The van der Waals surface area contributed by atoms with Crippen LogP contribution >= 0.6 is 11.6 Å². The van der Waals surface area contributed by atoms with Gasteiger partial charge in [-0.25, -0.2) is 4.39 Å². The molecule has 0 radical (unpaired) electrons. The van der Waals surface area contributed by atoms with Crippen LogP contribution in [-0.4, -0.2) is 0 Å². The highest BCUT2D eigenvalue weighted by Gasteiger charge is 2.31. The molecule has 0 fully saturated rings. The molecule has 2 rings (SSSR count). The number of hydrogen-bond acceptors (Lipinski definition) is 1. The Hall–Kier alpha value is -1.75. The largest absolute Gasteiger partial charge is 0.416 e. The summed E-state index contributed by atoms with van der Waals surface area (Å²) in [4.78, 5) is 0.